The standard InChI is InChI=1S/C13H24N4O3/c1-3-5-10(11(14)16-20)13(19)17-7-4-6-9(8-17)12(18)15-2/h9-10,20H,3-8H2,1-2H3,(H2,14,16)(H,15,18). The Morgan fingerprint density at radius 1 is 1.55 bits per heavy atom. The quantitative estimate of drug-likeness (QED) is 0.289. The van der Waals surface area contributed by atoms with Gasteiger partial charge in [0.1, 0.15) is 0 Å². The summed E-state index contributed by atoms with van der Waals surface area (Å²) < 4.78 is 0. The van der Waals surface area contributed by atoms with Gasteiger partial charge in [-0.1, -0.05) is 18.5 Å². The van der Waals surface area contributed by atoms with E-state index in [1.165, 1.54) is 0 Å². The molecule has 0 aromatic heterocycles. The Hall–Kier alpha value is -1.79. The normalized spacial score (nSPS) is 21.4. The molecule has 7 heteroatoms. The van der Waals surface area contributed by atoms with Crippen LogP contribution in [0.2, 0.25) is 0 Å². The number of carbonyl (C=O) groups excluding carboxylic acids is 2. The van der Waals surface area contributed by atoms with Gasteiger partial charge in [-0.3, -0.25) is 9.59 Å². The van der Waals surface area contributed by atoms with Crippen LogP contribution < -0.4 is 11.1 Å². The molecular formula is C13H24N4O3. The fourth-order valence-corrected chi connectivity index (χ4v) is 2.57. The molecule has 1 fully saturated rings. The molecule has 1 saturated heterocycles. The lowest BCUT2D eigenvalue weighted by Gasteiger charge is -2.34. The highest BCUT2D eigenvalue weighted by atomic mass is 16.4. The van der Waals surface area contributed by atoms with Crippen LogP contribution >= 0.6 is 0 Å². The van der Waals surface area contributed by atoms with Crippen LogP contribution in [0.25, 0.3) is 0 Å². The van der Waals surface area contributed by atoms with Crippen LogP contribution in [0.3, 0.4) is 0 Å². The predicted octanol–water partition coefficient (Wildman–Crippen LogP) is 0.134. The Bertz CT molecular complexity index is 384. The Kier molecular flexibility index (Phi) is 6.27. The molecule has 1 aliphatic heterocycles. The third kappa shape index (κ3) is 3.85. The summed E-state index contributed by atoms with van der Waals surface area (Å²) in [4.78, 5) is 25.8. The molecular weight excluding hydrogens is 260 g/mol. The fourth-order valence-electron chi connectivity index (χ4n) is 2.57. The minimum atomic E-state index is -0.603. The van der Waals surface area contributed by atoms with Gasteiger partial charge in [0.25, 0.3) is 0 Å². The lowest BCUT2D eigenvalue weighted by atomic mass is 9.94. The zero-order valence-corrected chi connectivity index (χ0v) is 12.1. The molecule has 0 radical (unpaired) electrons. The Morgan fingerprint density at radius 2 is 2.25 bits per heavy atom. The number of hydrogen-bond acceptors (Lipinski definition) is 4. The Balaban J connectivity index is 2.76. The van der Waals surface area contributed by atoms with Crippen LogP contribution in [0.4, 0.5) is 0 Å². The van der Waals surface area contributed by atoms with Gasteiger partial charge in [-0.15, -0.1) is 0 Å². The van der Waals surface area contributed by atoms with E-state index in [1.807, 2.05) is 6.92 Å². The maximum absolute atomic E-state index is 12.5. The number of hydrogen-bond donors (Lipinski definition) is 3. The van der Waals surface area contributed by atoms with E-state index in [2.05, 4.69) is 10.5 Å². The molecule has 0 bridgehead atoms. The molecule has 0 saturated carbocycles. The number of nitrogens with two attached hydrogens (primary N) is 1. The van der Waals surface area contributed by atoms with Gasteiger partial charge < -0.3 is 21.2 Å². The summed E-state index contributed by atoms with van der Waals surface area (Å²) in [6.45, 7) is 2.96. The molecule has 7 nitrogen and oxygen atoms in total. The zero-order chi connectivity index (χ0) is 15.1. The molecule has 1 aliphatic rings. The third-order valence-electron chi connectivity index (χ3n) is 3.70. The number of rotatable bonds is 5. The number of amidine groups is 1. The van der Waals surface area contributed by atoms with Crippen LogP contribution in [0.1, 0.15) is 32.6 Å². The van der Waals surface area contributed by atoms with Crippen molar-refractivity contribution in [2.45, 2.75) is 32.6 Å². The van der Waals surface area contributed by atoms with Crippen LogP contribution in [0.5, 0.6) is 0 Å². The van der Waals surface area contributed by atoms with Crippen molar-refractivity contribution < 1.29 is 14.8 Å². The van der Waals surface area contributed by atoms with E-state index in [0.717, 1.165) is 19.3 Å². The highest BCUT2D eigenvalue weighted by Crippen LogP contribution is 2.20. The Morgan fingerprint density at radius 3 is 2.80 bits per heavy atom. The van der Waals surface area contributed by atoms with Crippen molar-refractivity contribution in [2.24, 2.45) is 22.7 Å². The minimum Gasteiger partial charge on any atom is -0.409 e. The van der Waals surface area contributed by atoms with Crippen molar-refractivity contribution in [3.63, 3.8) is 0 Å². The summed E-state index contributed by atoms with van der Waals surface area (Å²) in [5.74, 6) is -1.03. The lowest BCUT2D eigenvalue weighted by molar-refractivity contribution is -0.137. The predicted molar refractivity (Wildman–Crippen MR) is 75.2 cm³/mol. The van der Waals surface area contributed by atoms with Gasteiger partial charge in [-0.05, 0) is 19.3 Å². The van der Waals surface area contributed by atoms with Gasteiger partial charge in [-0.2, -0.15) is 0 Å². The maximum atomic E-state index is 12.5. The van der Waals surface area contributed by atoms with Crippen LogP contribution in [-0.2, 0) is 9.59 Å². The topological polar surface area (TPSA) is 108 Å². The molecule has 20 heavy (non-hydrogen) atoms. The fraction of sp³-hybridized carbons (Fsp3) is 0.769. The lowest BCUT2D eigenvalue weighted by Crippen LogP contribution is -2.49. The van der Waals surface area contributed by atoms with E-state index in [1.54, 1.807) is 11.9 Å². The zero-order valence-electron chi connectivity index (χ0n) is 12.1. The summed E-state index contributed by atoms with van der Waals surface area (Å²) in [5, 5.41) is 14.4. The van der Waals surface area contributed by atoms with Crippen molar-refractivity contribution in [1.29, 1.82) is 0 Å². The van der Waals surface area contributed by atoms with Crippen LogP contribution in [0.15, 0.2) is 5.16 Å². The molecule has 1 rings (SSSR count). The first kappa shape index (κ1) is 16.3. The molecule has 1 heterocycles. The molecule has 2 amide bonds. The van der Waals surface area contributed by atoms with E-state index in [0.29, 0.717) is 19.5 Å². The van der Waals surface area contributed by atoms with Gasteiger partial charge in [-0.25, -0.2) is 0 Å². The summed E-state index contributed by atoms with van der Waals surface area (Å²) in [7, 11) is 1.60. The van der Waals surface area contributed by atoms with E-state index in [-0.39, 0.29) is 23.6 Å². The summed E-state index contributed by atoms with van der Waals surface area (Å²) >= 11 is 0. The number of piperidine rings is 1. The van der Waals surface area contributed by atoms with Crippen molar-refractivity contribution in [1.82, 2.24) is 10.2 Å². The number of likely N-dealkylation sites (tertiary alicyclic amines) is 1. The van der Waals surface area contributed by atoms with Gasteiger partial charge >= 0.3 is 0 Å². The SMILES string of the molecule is CCCC(C(=O)N1CCCC(C(=O)NC)C1)C(N)=NO. The molecule has 0 aromatic carbocycles. The van der Waals surface area contributed by atoms with Gasteiger partial charge in [0, 0.05) is 20.1 Å². The highest BCUT2D eigenvalue weighted by Gasteiger charge is 2.32. The largest absolute Gasteiger partial charge is 0.409 e. The van der Waals surface area contributed by atoms with Crippen molar-refractivity contribution >= 4 is 17.6 Å². The van der Waals surface area contributed by atoms with Crippen LogP contribution in [-0.4, -0.2) is 47.9 Å². The van der Waals surface area contributed by atoms with Crippen LogP contribution in [0, 0.1) is 11.8 Å². The van der Waals surface area contributed by atoms with Crippen molar-refractivity contribution in [2.75, 3.05) is 20.1 Å². The molecule has 0 aromatic rings. The first-order valence-corrected chi connectivity index (χ1v) is 7.02. The second-order valence-electron chi connectivity index (χ2n) is 5.10. The van der Waals surface area contributed by atoms with E-state index < -0.39 is 5.92 Å². The smallest absolute Gasteiger partial charge is 0.233 e. The van der Waals surface area contributed by atoms with E-state index in [4.69, 9.17) is 10.9 Å². The van der Waals surface area contributed by atoms with Gasteiger partial charge in [0.05, 0.1) is 11.8 Å². The Labute approximate surface area is 119 Å². The number of amides is 2. The highest BCUT2D eigenvalue weighted by molar-refractivity contribution is 6.02. The first-order chi connectivity index (χ1) is 9.54. The molecule has 0 spiro atoms. The number of nitrogens with zero attached hydrogens (tertiary/aromatic N) is 2. The summed E-state index contributed by atoms with van der Waals surface area (Å²) in [5.41, 5.74) is 5.60. The average Bonchev–Trinajstić information content (AvgIpc) is 2.50. The van der Waals surface area contributed by atoms with Crippen molar-refractivity contribution in [3.8, 4) is 0 Å². The van der Waals surface area contributed by atoms with Gasteiger partial charge in [0.2, 0.25) is 11.8 Å². The average molecular weight is 284 g/mol. The molecule has 114 valence electrons. The summed E-state index contributed by atoms with van der Waals surface area (Å²) in [6, 6.07) is 0. The maximum Gasteiger partial charge on any atom is 0.233 e. The number of carbonyl (C=O) groups is 2. The van der Waals surface area contributed by atoms with Gasteiger partial charge in [0.15, 0.2) is 5.84 Å². The minimum absolute atomic E-state index is 0.0432. The molecule has 4 N–H and O–H groups in total. The first-order valence-electron chi connectivity index (χ1n) is 7.02. The molecule has 2 unspecified atom stereocenters. The van der Waals surface area contributed by atoms with E-state index >= 15 is 0 Å². The summed E-state index contributed by atoms with van der Waals surface area (Å²) in [6.07, 6.45) is 2.87. The number of oxime groups is 1. The monoisotopic (exact) mass is 284 g/mol. The molecule has 0 aliphatic carbocycles. The molecule has 2 atom stereocenters. The second-order valence-corrected chi connectivity index (χ2v) is 5.10. The second kappa shape index (κ2) is 7.72. The van der Waals surface area contributed by atoms with E-state index in [9.17, 15) is 9.59 Å². The third-order valence-corrected chi connectivity index (χ3v) is 3.70. The van der Waals surface area contributed by atoms with Crippen molar-refractivity contribution in [3.05, 3.63) is 0 Å². The number of nitrogens with one attached hydrogen (secondary N) is 1.